The number of carbonyl (C=O) groups excluding carboxylic acids is 2. The van der Waals surface area contributed by atoms with Gasteiger partial charge in [0.25, 0.3) is 0 Å². The van der Waals surface area contributed by atoms with Crippen LogP contribution < -0.4 is 0 Å². The van der Waals surface area contributed by atoms with Crippen LogP contribution in [0.3, 0.4) is 0 Å². The molecule has 0 spiro atoms. The third kappa shape index (κ3) is 3.50. The Kier molecular flexibility index (Phi) is 4.75. The fourth-order valence-electron chi connectivity index (χ4n) is 2.17. The average Bonchev–Trinajstić information content (AvgIpc) is 3.02. The van der Waals surface area contributed by atoms with Gasteiger partial charge in [-0.3, -0.25) is 14.6 Å². The SMILES string of the molecule is CC(=O)C(Sc1ccc2nnc(-c3cccnc3)n2n1)C(=O)N(C)C. The van der Waals surface area contributed by atoms with E-state index in [-0.39, 0.29) is 11.7 Å². The Balaban J connectivity index is 1.98. The van der Waals surface area contributed by atoms with E-state index >= 15 is 0 Å². The van der Waals surface area contributed by atoms with E-state index in [1.807, 2.05) is 6.07 Å². The van der Waals surface area contributed by atoms with Gasteiger partial charge in [0.2, 0.25) is 5.91 Å². The predicted octanol–water partition coefficient (Wildman–Crippen LogP) is 1.32. The van der Waals surface area contributed by atoms with E-state index in [4.69, 9.17) is 0 Å². The molecule has 1 unspecified atom stereocenters. The lowest BCUT2D eigenvalue weighted by molar-refractivity contribution is -0.132. The van der Waals surface area contributed by atoms with Gasteiger partial charge in [-0.2, -0.15) is 9.61 Å². The van der Waals surface area contributed by atoms with Crippen LogP contribution in [0.2, 0.25) is 0 Å². The maximum atomic E-state index is 12.2. The normalized spacial score (nSPS) is 12.1. The number of amides is 1. The number of hydrogen-bond donors (Lipinski definition) is 0. The van der Waals surface area contributed by atoms with Crippen LogP contribution in [0.25, 0.3) is 17.0 Å². The van der Waals surface area contributed by atoms with Gasteiger partial charge in [0, 0.05) is 32.1 Å². The Morgan fingerprint density at radius 3 is 2.64 bits per heavy atom. The summed E-state index contributed by atoms with van der Waals surface area (Å²) in [5.74, 6) is 0.0568. The molecule has 9 heteroatoms. The maximum absolute atomic E-state index is 12.2. The van der Waals surface area contributed by atoms with Crippen molar-refractivity contribution in [3.63, 3.8) is 0 Å². The minimum absolute atomic E-state index is 0.221. The molecular formula is C16H16N6O2S. The molecule has 0 aromatic carbocycles. The lowest BCUT2D eigenvalue weighted by Crippen LogP contribution is -2.36. The van der Waals surface area contributed by atoms with Crippen molar-refractivity contribution in [2.24, 2.45) is 0 Å². The van der Waals surface area contributed by atoms with Gasteiger partial charge in [0.1, 0.15) is 10.3 Å². The minimum Gasteiger partial charge on any atom is -0.347 e. The monoisotopic (exact) mass is 356 g/mol. The molecule has 0 fully saturated rings. The van der Waals surface area contributed by atoms with Crippen LogP contribution in [-0.4, -0.2) is 60.7 Å². The Morgan fingerprint density at radius 2 is 2.00 bits per heavy atom. The van der Waals surface area contributed by atoms with Crippen molar-refractivity contribution in [2.75, 3.05) is 14.1 Å². The molecule has 0 aliphatic carbocycles. The van der Waals surface area contributed by atoms with Crippen LogP contribution in [0.4, 0.5) is 0 Å². The van der Waals surface area contributed by atoms with Crippen LogP contribution in [-0.2, 0) is 9.59 Å². The molecular weight excluding hydrogens is 340 g/mol. The molecule has 0 aliphatic heterocycles. The van der Waals surface area contributed by atoms with Crippen LogP contribution in [0.1, 0.15) is 6.92 Å². The van der Waals surface area contributed by atoms with Crippen LogP contribution in [0.5, 0.6) is 0 Å². The number of hydrogen-bond acceptors (Lipinski definition) is 7. The highest BCUT2D eigenvalue weighted by atomic mass is 32.2. The highest BCUT2D eigenvalue weighted by molar-refractivity contribution is 8.01. The molecule has 0 radical (unpaired) electrons. The van der Waals surface area contributed by atoms with Crippen molar-refractivity contribution in [3.05, 3.63) is 36.7 Å². The summed E-state index contributed by atoms with van der Waals surface area (Å²) in [6, 6.07) is 7.13. The summed E-state index contributed by atoms with van der Waals surface area (Å²) >= 11 is 1.11. The van der Waals surface area contributed by atoms with Crippen LogP contribution in [0.15, 0.2) is 41.7 Å². The van der Waals surface area contributed by atoms with Crippen molar-refractivity contribution >= 4 is 29.1 Å². The largest absolute Gasteiger partial charge is 0.347 e. The summed E-state index contributed by atoms with van der Waals surface area (Å²) in [4.78, 5) is 29.5. The van der Waals surface area contributed by atoms with Gasteiger partial charge in [-0.05, 0) is 31.2 Å². The second-order valence-corrected chi connectivity index (χ2v) is 6.67. The molecule has 3 aromatic rings. The van der Waals surface area contributed by atoms with Gasteiger partial charge in [0.05, 0.1) is 0 Å². The van der Waals surface area contributed by atoms with Gasteiger partial charge in [0.15, 0.2) is 17.3 Å². The number of aromatic nitrogens is 5. The molecule has 0 saturated heterocycles. The number of Topliss-reactive ketones (excluding diaryl/α,β-unsaturated/α-hetero) is 1. The maximum Gasteiger partial charge on any atom is 0.243 e. The molecule has 1 amide bonds. The molecule has 0 aliphatic rings. The molecule has 0 bridgehead atoms. The molecule has 25 heavy (non-hydrogen) atoms. The van der Waals surface area contributed by atoms with E-state index in [2.05, 4.69) is 20.3 Å². The zero-order chi connectivity index (χ0) is 18.0. The van der Waals surface area contributed by atoms with Gasteiger partial charge in [-0.15, -0.1) is 10.2 Å². The number of pyridine rings is 1. The fraction of sp³-hybridized carbons (Fsp3) is 0.250. The van der Waals surface area contributed by atoms with E-state index in [0.717, 1.165) is 17.3 Å². The summed E-state index contributed by atoms with van der Waals surface area (Å²) in [7, 11) is 3.24. The molecule has 128 valence electrons. The van der Waals surface area contributed by atoms with E-state index in [9.17, 15) is 9.59 Å². The van der Waals surface area contributed by atoms with Crippen molar-refractivity contribution in [1.29, 1.82) is 0 Å². The standard InChI is InChI=1S/C16H16N6O2S/c1-10(23)14(16(24)21(2)3)25-13-7-6-12-18-19-15(22(12)20-13)11-5-4-8-17-9-11/h4-9,14H,1-3H3. The molecule has 1 atom stereocenters. The smallest absolute Gasteiger partial charge is 0.243 e. The highest BCUT2D eigenvalue weighted by Crippen LogP contribution is 2.25. The summed E-state index contributed by atoms with van der Waals surface area (Å²) in [5.41, 5.74) is 1.35. The number of ketones is 1. The van der Waals surface area contributed by atoms with Gasteiger partial charge in [-0.25, -0.2) is 0 Å². The Labute approximate surface area is 148 Å². The highest BCUT2D eigenvalue weighted by Gasteiger charge is 2.27. The lowest BCUT2D eigenvalue weighted by Gasteiger charge is -2.17. The number of fused-ring (bicyclic) bond motifs is 1. The fourth-order valence-corrected chi connectivity index (χ4v) is 3.17. The first kappa shape index (κ1) is 17.0. The van der Waals surface area contributed by atoms with E-state index in [1.165, 1.54) is 11.8 Å². The first-order valence-electron chi connectivity index (χ1n) is 7.48. The van der Waals surface area contributed by atoms with Crippen LogP contribution >= 0.6 is 11.8 Å². The molecule has 0 N–H and O–H groups in total. The Hall–Kier alpha value is -2.81. The van der Waals surface area contributed by atoms with E-state index < -0.39 is 5.25 Å². The third-order valence-electron chi connectivity index (χ3n) is 3.43. The molecule has 3 heterocycles. The average molecular weight is 356 g/mol. The van der Waals surface area contributed by atoms with E-state index in [0.29, 0.717) is 16.5 Å². The van der Waals surface area contributed by atoms with Crippen molar-refractivity contribution < 1.29 is 9.59 Å². The van der Waals surface area contributed by atoms with Gasteiger partial charge >= 0.3 is 0 Å². The molecule has 3 rings (SSSR count). The quantitative estimate of drug-likeness (QED) is 0.503. The zero-order valence-corrected chi connectivity index (χ0v) is 14.8. The summed E-state index contributed by atoms with van der Waals surface area (Å²) in [5, 5.41) is 12.4. The number of thioether (sulfide) groups is 1. The van der Waals surface area contributed by atoms with Gasteiger partial charge < -0.3 is 4.90 Å². The minimum atomic E-state index is -0.835. The number of rotatable bonds is 5. The first-order chi connectivity index (χ1) is 12.0. The second-order valence-electron chi connectivity index (χ2n) is 5.55. The molecule has 3 aromatic heterocycles. The summed E-state index contributed by atoms with van der Waals surface area (Å²) in [6.07, 6.45) is 3.34. The van der Waals surface area contributed by atoms with E-state index in [1.54, 1.807) is 49.2 Å². The predicted molar refractivity (Wildman–Crippen MR) is 93.0 cm³/mol. The third-order valence-corrected chi connectivity index (χ3v) is 4.66. The van der Waals surface area contributed by atoms with Crippen molar-refractivity contribution in [3.8, 4) is 11.4 Å². The van der Waals surface area contributed by atoms with Crippen LogP contribution in [0, 0.1) is 0 Å². The Morgan fingerprint density at radius 1 is 1.20 bits per heavy atom. The van der Waals surface area contributed by atoms with Gasteiger partial charge in [-0.1, -0.05) is 11.8 Å². The lowest BCUT2D eigenvalue weighted by atomic mass is 10.3. The summed E-state index contributed by atoms with van der Waals surface area (Å²) < 4.78 is 1.58. The molecule has 0 saturated carbocycles. The number of carbonyl (C=O) groups is 2. The van der Waals surface area contributed by atoms with Crippen molar-refractivity contribution in [1.82, 2.24) is 29.7 Å². The number of nitrogens with zero attached hydrogens (tertiary/aromatic N) is 6. The topological polar surface area (TPSA) is 93.4 Å². The summed E-state index contributed by atoms with van der Waals surface area (Å²) in [6.45, 7) is 1.40. The zero-order valence-electron chi connectivity index (χ0n) is 13.9. The molecule has 8 nitrogen and oxygen atoms in total. The first-order valence-corrected chi connectivity index (χ1v) is 8.36. The van der Waals surface area contributed by atoms with Crippen molar-refractivity contribution in [2.45, 2.75) is 17.2 Å². The Bertz CT molecular complexity index is 925. The second kappa shape index (κ2) is 6.98.